The molecule has 1 saturated heterocycles. The fraction of sp³-hybridized carbons (Fsp3) is 0.588. The topological polar surface area (TPSA) is 41.6 Å². The molecule has 0 aliphatic carbocycles. The summed E-state index contributed by atoms with van der Waals surface area (Å²) in [7, 11) is 1.61. The molecule has 2 rings (SSSR count). The average Bonchev–Trinajstić information content (AvgIpc) is 2.54. The Labute approximate surface area is 137 Å². The first-order valence-corrected chi connectivity index (χ1v) is 8.28. The van der Waals surface area contributed by atoms with Crippen LogP contribution in [0.1, 0.15) is 24.8 Å². The molecule has 1 aliphatic heterocycles. The highest BCUT2D eigenvalue weighted by Crippen LogP contribution is 2.21. The van der Waals surface area contributed by atoms with Gasteiger partial charge in [-0.3, -0.25) is 9.69 Å². The van der Waals surface area contributed by atoms with Crippen LogP contribution in [0.3, 0.4) is 0 Å². The van der Waals surface area contributed by atoms with Crippen molar-refractivity contribution in [1.82, 2.24) is 10.2 Å². The second-order valence-corrected chi connectivity index (χ2v) is 6.27. The molecule has 4 nitrogen and oxygen atoms in total. The number of hydrogen-bond donors (Lipinski definition) is 1. The van der Waals surface area contributed by atoms with Gasteiger partial charge in [-0.1, -0.05) is 29.8 Å². The van der Waals surface area contributed by atoms with Gasteiger partial charge in [-0.15, -0.1) is 0 Å². The number of carbonyl (C=O) groups excluding carboxylic acids is 1. The molecule has 1 fully saturated rings. The van der Waals surface area contributed by atoms with Gasteiger partial charge in [-0.05, 0) is 43.5 Å². The highest BCUT2D eigenvalue weighted by molar-refractivity contribution is 6.31. The van der Waals surface area contributed by atoms with Crippen LogP contribution < -0.4 is 5.32 Å². The number of likely N-dealkylation sites (tertiary alicyclic amines) is 1. The highest BCUT2D eigenvalue weighted by Gasteiger charge is 2.20. The largest absolute Gasteiger partial charge is 0.384 e. The number of hydrogen-bond acceptors (Lipinski definition) is 3. The number of halogens is 1. The molecule has 1 aromatic carbocycles. The fourth-order valence-corrected chi connectivity index (χ4v) is 2.95. The fourth-order valence-electron chi connectivity index (χ4n) is 2.76. The number of nitrogens with one attached hydrogen (secondary N) is 1. The van der Waals surface area contributed by atoms with Crippen LogP contribution in [0.5, 0.6) is 0 Å². The van der Waals surface area contributed by atoms with Crippen molar-refractivity contribution < 1.29 is 9.53 Å². The lowest BCUT2D eigenvalue weighted by Gasteiger charge is -2.32. The minimum atomic E-state index is 0.0837. The van der Waals surface area contributed by atoms with Gasteiger partial charge in [0, 0.05) is 31.6 Å². The summed E-state index contributed by atoms with van der Waals surface area (Å²) in [4.78, 5) is 14.0. The second-order valence-electron chi connectivity index (χ2n) is 5.86. The highest BCUT2D eigenvalue weighted by atomic mass is 35.5. The lowest BCUT2D eigenvalue weighted by atomic mass is 9.96. The summed E-state index contributed by atoms with van der Waals surface area (Å²) in [6.45, 7) is 4.30. The van der Waals surface area contributed by atoms with Gasteiger partial charge in [-0.2, -0.15) is 0 Å². The molecular formula is C17H25ClN2O2. The molecule has 22 heavy (non-hydrogen) atoms. The Kier molecular flexibility index (Phi) is 7.16. The van der Waals surface area contributed by atoms with Crippen molar-refractivity contribution in [2.75, 3.05) is 33.4 Å². The van der Waals surface area contributed by atoms with E-state index in [0.717, 1.165) is 44.0 Å². The summed E-state index contributed by atoms with van der Waals surface area (Å²) in [5, 5.41) is 3.84. The Morgan fingerprint density at radius 1 is 1.36 bits per heavy atom. The van der Waals surface area contributed by atoms with Crippen LogP contribution in [0.15, 0.2) is 24.3 Å². The molecule has 122 valence electrons. The third-order valence-electron chi connectivity index (χ3n) is 4.18. The van der Waals surface area contributed by atoms with E-state index in [1.54, 1.807) is 7.11 Å². The summed E-state index contributed by atoms with van der Waals surface area (Å²) in [5.41, 5.74) is 1.19. The Morgan fingerprint density at radius 2 is 2.09 bits per heavy atom. The van der Waals surface area contributed by atoms with E-state index < -0.39 is 0 Å². The number of benzene rings is 1. The van der Waals surface area contributed by atoms with Gasteiger partial charge in [0.25, 0.3) is 0 Å². The Bertz CT molecular complexity index is 473. The zero-order chi connectivity index (χ0) is 15.8. The van der Waals surface area contributed by atoms with Crippen LogP contribution in [-0.2, 0) is 16.1 Å². The maximum atomic E-state index is 11.6. The first-order valence-electron chi connectivity index (χ1n) is 7.90. The number of nitrogens with zero attached hydrogens (tertiary/aromatic N) is 1. The Hall–Kier alpha value is -1.10. The van der Waals surface area contributed by atoms with Crippen molar-refractivity contribution in [3.05, 3.63) is 34.9 Å². The number of amides is 1. The molecular weight excluding hydrogens is 300 g/mol. The maximum absolute atomic E-state index is 11.6. The standard InChI is InChI=1S/C17H25ClN2O2/c1-22-11-8-17(21)19-12-14-6-9-20(10-7-14)13-15-4-2-3-5-16(15)18/h2-5,14H,6-13H2,1H3,(H,19,21). The summed E-state index contributed by atoms with van der Waals surface area (Å²) in [6.07, 6.45) is 2.69. The van der Waals surface area contributed by atoms with Gasteiger partial charge in [0.1, 0.15) is 0 Å². The molecule has 1 heterocycles. The molecule has 5 heteroatoms. The zero-order valence-corrected chi connectivity index (χ0v) is 13.9. The van der Waals surface area contributed by atoms with E-state index in [1.165, 1.54) is 5.56 Å². The van der Waals surface area contributed by atoms with Gasteiger partial charge in [0.15, 0.2) is 0 Å². The third-order valence-corrected chi connectivity index (χ3v) is 4.55. The normalized spacial score (nSPS) is 16.6. The Balaban J connectivity index is 1.67. The molecule has 1 N–H and O–H groups in total. The number of rotatable bonds is 7. The lowest BCUT2D eigenvalue weighted by Crippen LogP contribution is -2.38. The third kappa shape index (κ3) is 5.59. The van der Waals surface area contributed by atoms with Crippen molar-refractivity contribution >= 4 is 17.5 Å². The molecule has 0 unspecified atom stereocenters. The molecule has 1 aromatic rings. The Morgan fingerprint density at radius 3 is 2.77 bits per heavy atom. The minimum Gasteiger partial charge on any atom is -0.384 e. The molecule has 1 aliphatic rings. The first-order chi connectivity index (χ1) is 10.7. The molecule has 0 spiro atoms. The van der Waals surface area contributed by atoms with E-state index in [1.807, 2.05) is 18.2 Å². The van der Waals surface area contributed by atoms with E-state index in [9.17, 15) is 4.79 Å². The molecule has 1 amide bonds. The van der Waals surface area contributed by atoms with Gasteiger partial charge in [0.2, 0.25) is 5.91 Å². The number of ether oxygens (including phenoxy) is 1. The van der Waals surface area contributed by atoms with Gasteiger partial charge in [-0.25, -0.2) is 0 Å². The van der Waals surface area contributed by atoms with E-state index in [4.69, 9.17) is 16.3 Å². The summed E-state index contributed by atoms with van der Waals surface area (Å²) < 4.78 is 4.91. The average molecular weight is 325 g/mol. The predicted octanol–water partition coefficient (Wildman–Crippen LogP) is 2.70. The predicted molar refractivity (Wildman–Crippen MR) is 89.0 cm³/mol. The minimum absolute atomic E-state index is 0.0837. The van der Waals surface area contributed by atoms with Crippen LogP contribution in [-0.4, -0.2) is 44.2 Å². The number of piperidine rings is 1. The van der Waals surface area contributed by atoms with Crippen LogP contribution in [0.25, 0.3) is 0 Å². The van der Waals surface area contributed by atoms with Crippen molar-refractivity contribution in [1.29, 1.82) is 0 Å². The quantitative estimate of drug-likeness (QED) is 0.838. The van der Waals surface area contributed by atoms with Crippen LogP contribution in [0.2, 0.25) is 5.02 Å². The smallest absolute Gasteiger partial charge is 0.222 e. The van der Waals surface area contributed by atoms with Gasteiger partial charge >= 0.3 is 0 Å². The first kappa shape index (κ1) is 17.3. The van der Waals surface area contributed by atoms with E-state index in [0.29, 0.717) is 18.9 Å². The second kappa shape index (κ2) is 9.13. The molecule has 0 bridgehead atoms. The number of carbonyl (C=O) groups is 1. The summed E-state index contributed by atoms with van der Waals surface area (Å²) in [6, 6.07) is 8.03. The van der Waals surface area contributed by atoms with E-state index in [2.05, 4.69) is 16.3 Å². The number of methoxy groups -OCH3 is 1. The summed E-state index contributed by atoms with van der Waals surface area (Å²) >= 11 is 6.21. The summed E-state index contributed by atoms with van der Waals surface area (Å²) in [5.74, 6) is 0.661. The van der Waals surface area contributed by atoms with Crippen molar-refractivity contribution in [2.45, 2.75) is 25.8 Å². The van der Waals surface area contributed by atoms with E-state index in [-0.39, 0.29) is 5.91 Å². The van der Waals surface area contributed by atoms with Crippen molar-refractivity contribution in [2.24, 2.45) is 5.92 Å². The lowest BCUT2D eigenvalue weighted by molar-refractivity contribution is -0.122. The molecule has 0 radical (unpaired) electrons. The van der Waals surface area contributed by atoms with Crippen molar-refractivity contribution in [3.8, 4) is 0 Å². The molecule has 0 saturated carbocycles. The monoisotopic (exact) mass is 324 g/mol. The van der Waals surface area contributed by atoms with Crippen LogP contribution in [0, 0.1) is 5.92 Å². The van der Waals surface area contributed by atoms with Crippen LogP contribution >= 0.6 is 11.6 Å². The van der Waals surface area contributed by atoms with Gasteiger partial charge in [0.05, 0.1) is 6.61 Å². The van der Waals surface area contributed by atoms with Crippen LogP contribution in [0.4, 0.5) is 0 Å². The van der Waals surface area contributed by atoms with Gasteiger partial charge < -0.3 is 10.1 Å². The molecule has 0 aromatic heterocycles. The zero-order valence-electron chi connectivity index (χ0n) is 13.2. The SMILES string of the molecule is COCCC(=O)NCC1CCN(Cc2ccccc2Cl)CC1. The maximum Gasteiger partial charge on any atom is 0.222 e. The van der Waals surface area contributed by atoms with E-state index >= 15 is 0 Å². The molecule has 0 atom stereocenters. The van der Waals surface area contributed by atoms with Crippen molar-refractivity contribution in [3.63, 3.8) is 0 Å².